The molecule has 5 heteroatoms. The van der Waals surface area contributed by atoms with E-state index in [4.69, 9.17) is 0 Å². The summed E-state index contributed by atoms with van der Waals surface area (Å²) < 4.78 is 5.10. The lowest BCUT2D eigenvalue weighted by atomic mass is 10.1. The molecule has 0 saturated heterocycles. The molecule has 0 aliphatic heterocycles. The Kier molecular flexibility index (Phi) is 5.56. The van der Waals surface area contributed by atoms with Crippen LogP contribution in [0.25, 0.3) is 0 Å². The van der Waals surface area contributed by atoms with Crippen LogP contribution in [-0.4, -0.2) is 5.97 Å². The van der Waals surface area contributed by atoms with Gasteiger partial charge in [0.2, 0.25) is 0 Å². The second-order valence-electron chi connectivity index (χ2n) is 2.77. The highest BCUT2D eigenvalue weighted by atomic mass is 79.9. The lowest BCUT2D eigenvalue weighted by Gasteiger charge is -2.04. The van der Waals surface area contributed by atoms with Gasteiger partial charge in [0.05, 0.1) is 8.96 Å². The Balaban J connectivity index is 2.87. The zero-order valence-electron chi connectivity index (χ0n) is 7.54. The van der Waals surface area contributed by atoms with Crippen LogP contribution in [0.5, 0.6) is 0 Å². The molecular weight excluding hydrogens is 392 g/mol. The molecule has 1 aromatic rings. The first-order chi connectivity index (χ1) is 7.15. The molecule has 0 aliphatic rings. The first kappa shape index (κ1) is 12.9. The maximum atomic E-state index is 11.4. The number of carbonyl (C=O) groups is 1. The van der Waals surface area contributed by atoms with E-state index in [9.17, 15) is 4.79 Å². The summed E-state index contributed by atoms with van der Waals surface area (Å²) in [6.45, 7) is 0. The largest absolute Gasteiger partial charge is 0.380 e. The summed E-state index contributed by atoms with van der Waals surface area (Å²) >= 11 is 9.10. The molecular formula is C10H7Br3O2. The molecule has 0 N–H and O–H groups in total. The molecule has 80 valence electrons. The number of carbonyl (C=O) groups excluding carboxylic acids is 1. The van der Waals surface area contributed by atoms with Crippen LogP contribution < -0.4 is 0 Å². The maximum Gasteiger partial charge on any atom is 0.347 e. The highest BCUT2D eigenvalue weighted by Crippen LogP contribution is 2.24. The fourth-order valence-electron chi connectivity index (χ4n) is 1.06. The van der Waals surface area contributed by atoms with Gasteiger partial charge >= 0.3 is 5.97 Å². The van der Waals surface area contributed by atoms with Crippen molar-refractivity contribution in [2.75, 3.05) is 0 Å². The lowest BCUT2D eigenvalue weighted by molar-refractivity contribution is -0.128. The van der Waals surface area contributed by atoms with Gasteiger partial charge in [0.1, 0.15) is 0 Å². The van der Waals surface area contributed by atoms with Crippen molar-refractivity contribution in [2.24, 2.45) is 0 Å². The highest BCUT2D eigenvalue weighted by Gasteiger charge is 2.14. The van der Waals surface area contributed by atoms with Gasteiger partial charge in [-0.3, -0.25) is 0 Å². The van der Waals surface area contributed by atoms with Crippen LogP contribution in [0.2, 0.25) is 0 Å². The third kappa shape index (κ3) is 4.09. The summed E-state index contributed by atoms with van der Waals surface area (Å²) in [5, 5.41) is 0. The molecule has 0 spiro atoms. The monoisotopic (exact) mass is 396 g/mol. The molecule has 0 amide bonds. The topological polar surface area (TPSA) is 26.3 Å². The van der Waals surface area contributed by atoms with Crippen LogP contribution in [-0.2, 0) is 15.0 Å². The second-order valence-corrected chi connectivity index (χ2v) is 5.74. The summed E-state index contributed by atoms with van der Waals surface area (Å²) in [4.78, 5) is 11.4. The third-order valence-electron chi connectivity index (χ3n) is 1.77. The fourth-order valence-corrected chi connectivity index (χ4v) is 1.86. The van der Waals surface area contributed by atoms with Gasteiger partial charge in [-0.25, -0.2) is 4.79 Å². The van der Waals surface area contributed by atoms with Crippen molar-refractivity contribution in [1.29, 1.82) is 0 Å². The van der Waals surface area contributed by atoms with Gasteiger partial charge in [-0.05, 0) is 37.4 Å². The van der Waals surface area contributed by atoms with E-state index in [0.717, 1.165) is 5.56 Å². The van der Waals surface area contributed by atoms with E-state index in [1.54, 1.807) is 0 Å². The number of halogens is 3. The second kappa shape index (κ2) is 6.45. The minimum atomic E-state index is -0.414. The molecule has 0 atom stereocenters. The van der Waals surface area contributed by atoms with Crippen molar-refractivity contribution in [1.82, 2.24) is 0 Å². The standard InChI is InChI=1S/C10H7Br3O2/c11-9(12)8(10(14)15-13)6-7-4-2-1-3-5-7/h1-5H,6H2. The summed E-state index contributed by atoms with van der Waals surface area (Å²) in [6, 6.07) is 9.68. The van der Waals surface area contributed by atoms with Crippen molar-refractivity contribution in [3.63, 3.8) is 0 Å². The highest BCUT2D eigenvalue weighted by molar-refractivity contribution is 9.28. The molecule has 0 bridgehead atoms. The summed E-state index contributed by atoms with van der Waals surface area (Å²) in [5.41, 5.74) is 1.57. The molecule has 0 heterocycles. The van der Waals surface area contributed by atoms with E-state index in [-0.39, 0.29) is 0 Å². The van der Waals surface area contributed by atoms with Gasteiger partial charge in [-0.2, -0.15) is 0 Å². The van der Waals surface area contributed by atoms with E-state index in [2.05, 4.69) is 51.9 Å². The summed E-state index contributed by atoms with van der Waals surface area (Å²) in [7, 11) is 0. The van der Waals surface area contributed by atoms with E-state index in [1.807, 2.05) is 30.3 Å². The van der Waals surface area contributed by atoms with E-state index in [0.29, 0.717) is 15.4 Å². The molecule has 1 rings (SSSR count). The van der Waals surface area contributed by atoms with Gasteiger partial charge in [0, 0.05) is 6.42 Å². The molecule has 0 fully saturated rings. The Morgan fingerprint density at radius 2 is 1.80 bits per heavy atom. The number of hydrogen-bond donors (Lipinski definition) is 0. The molecule has 1 aromatic carbocycles. The minimum absolute atomic E-state index is 0.414. The normalized spacial score (nSPS) is 9.53. The van der Waals surface area contributed by atoms with Crippen LogP contribution in [0.15, 0.2) is 39.3 Å². The van der Waals surface area contributed by atoms with E-state index in [1.165, 1.54) is 0 Å². The Bertz CT molecular complexity index is 370. The molecule has 0 unspecified atom stereocenters. The SMILES string of the molecule is O=C(OBr)C(Cc1ccccc1)=C(Br)Br. The minimum Gasteiger partial charge on any atom is -0.380 e. The molecule has 0 radical (unpaired) electrons. The summed E-state index contributed by atoms with van der Waals surface area (Å²) in [6.07, 6.45) is 0.511. The Morgan fingerprint density at radius 1 is 1.20 bits per heavy atom. The van der Waals surface area contributed by atoms with Gasteiger partial charge in [-0.15, -0.1) is 0 Å². The zero-order valence-corrected chi connectivity index (χ0v) is 12.3. The van der Waals surface area contributed by atoms with Crippen molar-refractivity contribution in [2.45, 2.75) is 6.42 Å². The molecule has 0 aromatic heterocycles. The van der Waals surface area contributed by atoms with Gasteiger partial charge < -0.3 is 3.83 Å². The van der Waals surface area contributed by atoms with Crippen LogP contribution in [0.4, 0.5) is 0 Å². The predicted molar refractivity (Wildman–Crippen MR) is 70.0 cm³/mol. The smallest absolute Gasteiger partial charge is 0.347 e. The predicted octanol–water partition coefficient (Wildman–Crippen LogP) is 4.08. The Hall–Kier alpha value is -0.130. The lowest BCUT2D eigenvalue weighted by Crippen LogP contribution is -2.05. The van der Waals surface area contributed by atoms with Gasteiger partial charge in [0.15, 0.2) is 16.3 Å². The zero-order chi connectivity index (χ0) is 11.3. The van der Waals surface area contributed by atoms with Gasteiger partial charge in [-0.1, -0.05) is 30.3 Å². The summed E-state index contributed by atoms with van der Waals surface area (Å²) in [5.74, 6) is -0.414. The van der Waals surface area contributed by atoms with Crippen LogP contribution in [0.1, 0.15) is 5.56 Å². The van der Waals surface area contributed by atoms with Crippen molar-refractivity contribution in [3.8, 4) is 0 Å². The molecule has 15 heavy (non-hydrogen) atoms. The number of hydrogen-bond acceptors (Lipinski definition) is 2. The molecule has 0 aliphatic carbocycles. The van der Waals surface area contributed by atoms with Gasteiger partial charge in [0.25, 0.3) is 0 Å². The average Bonchev–Trinajstić information content (AvgIpc) is 2.26. The average molecular weight is 399 g/mol. The van der Waals surface area contributed by atoms with Crippen LogP contribution >= 0.6 is 48.1 Å². The van der Waals surface area contributed by atoms with E-state index < -0.39 is 5.97 Å². The first-order valence-electron chi connectivity index (χ1n) is 4.06. The van der Waals surface area contributed by atoms with Crippen molar-refractivity contribution >= 4 is 54.1 Å². The number of benzene rings is 1. The fraction of sp³-hybridized carbons (Fsp3) is 0.100. The third-order valence-corrected chi connectivity index (χ3v) is 3.02. The Labute approximate surface area is 113 Å². The van der Waals surface area contributed by atoms with E-state index >= 15 is 0 Å². The van der Waals surface area contributed by atoms with Crippen LogP contribution in [0.3, 0.4) is 0 Å². The Morgan fingerprint density at radius 3 is 2.27 bits per heavy atom. The first-order valence-corrected chi connectivity index (χ1v) is 6.29. The molecule has 0 saturated carbocycles. The van der Waals surface area contributed by atoms with Crippen molar-refractivity contribution < 1.29 is 8.62 Å². The van der Waals surface area contributed by atoms with Crippen LogP contribution in [0, 0.1) is 0 Å². The maximum absolute atomic E-state index is 11.4. The molecule has 2 nitrogen and oxygen atoms in total. The quantitative estimate of drug-likeness (QED) is 0.717. The van der Waals surface area contributed by atoms with Crippen molar-refractivity contribution in [3.05, 3.63) is 44.9 Å². The number of rotatable bonds is 3.